The van der Waals surface area contributed by atoms with Gasteiger partial charge in [-0.25, -0.2) is 4.89 Å². The maximum Gasteiger partial charge on any atom is 0.105 e. The number of hydrogen-bond acceptors (Lipinski definition) is 3. The van der Waals surface area contributed by atoms with Crippen LogP contribution in [0.1, 0.15) is 26.2 Å². The third-order valence-corrected chi connectivity index (χ3v) is 2.08. The van der Waals surface area contributed by atoms with Crippen LogP contribution in [0.25, 0.3) is 0 Å². The Kier molecular flexibility index (Phi) is 3.12. The van der Waals surface area contributed by atoms with Crippen LogP contribution in [-0.2, 0) is 4.89 Å². The first-order chi connectivity index (χ1) is 4.84. The second kappa shape index (κ2) is 3.91. The van der Waals surface area contributed by atoms with E-state index in [-0.39, 0.29) is 6.10 Å². The molecule has 0 aromatic heterocycles. The van der Waals surface area contributed by atoms with Crippen LogP contribution in [0.3, 0.4) is 0 Å². The first-order valence-electron chi connectivity index (χ1n) is 3.88. The van der Waals surface area contributed by atoms with Gasteiger partial charge in [-0.1, -0.05) is 6.42 Å². The van der Waals surface area contributed by atoms with E-state index in [4.69, 9.17) is 5.26 Å². The predicted octanol–water partition coefficient (Wildman–Crippen LogP) is 1.01. The van der Waals surface area contributed by atoms with E-state index in [9.17, 15) is 0 Å². The molecule has 0 spiro atoms. The molecule has 2 atom stereocenters. The standard InChI is InChI=1S/C7H15NO2/c1-6(10-9)7-4-2-3-5-8-7/h6-9H,2-5H2,1H3. The molecule has 0 radical (unpaired) electrons. The molecule has 0 aromatic rings. The summed E-state index contributed by atoms with van der Waals surface area (Å²) in [5, 5.41) is 11.6. The van der Waals surface area contributed by atoms with E-state index in [0.717, 1.165) is 13.0 Å². The van der Waals surface area contributed by atoms with E-state index in [1.807, 2.05) is 6.92 Å². The lowest BCUT2D eigenvalue weighted by Gasteiger charge is -2.26. The monoisotopic (exact) mass is 145 g/mol. The van der Waals surface area contributed by atoms with Crippen molar-refractivity contribution in [2.75, 3.05) is 6.54 Å². The Labute approximate surface area is 61.3 Å². The molecule has 1 aliphatic heterocycles. The molecule has 0 bridgehead atoms. The molecule has 1 fully saturated rings. The molecule has 60 valence electrons. The largest absolute Gasteiger partial charge is 0.311 e. The number of rotatable bonds is 2. The number of hydrogen-bond donors (Lipinski definition) is 2. The SMILES string of the molecule is CC(OO)C1CCCCN1. The fourth-order valence-electron chi connectivity index (χ4n) is 1.35. The predicted molar refractivity (Wildman–Crippen MR) is 38.8 cm³/mol. The summed E-state index contributed by atoms with van der Waals surface area (Å²) in [7, 11) is 0. The van der Waals surface area contributed by atoms with Gasteiger partial charge < -0.3 is 5.32 Å². The highest BCUT2D eigenvalue weighted by atomic mass is 17.1. The molecule has 3 nitrogen and oxygen atoms in total. The zero-order chi connectivity index (χ0) is 7.40. The third-order valence-electron chi connectivity index (χ3n) is 2.08. The van der Waals surface area contributed by atoms with E-state index in [1.54, 1.807) is 0 Å². The van der Waals surface area contributed by atoms with Gasteiger partial charge in [0.1, 0.15) is 6.10 Å². The average Bonchev–Trinajstić information content (AvgIpc) is 2.05. The Hall–Kier alpha value is -0.120. The van der Waals surface area contributed by atoms with Crippen molar-refractivity contribution < 1.29 is 10.1 Å². The zero-order valence-electron chi connectivity index (χ0n) is 6.34. The maximum atomic E-state index is 8.35. The van der Waals surface area contributed by atoms with Gasteiger partial charge in [0.25, 0.3) is 0 Å². The van der Waals surface area contributed by atoms with E-state index < -0.39 is 0 Å². The van der Waals surface area contributed by atoms with Crippen molar-refractivity contribution in [1.29, 1.82) is 0 Å². The van der Waals surface area contributed by atoms with Gasteiger partial charge in [0.15, 0.2) is 0 Å². The van der Waals surface area contributed by atoms with Gasteiger partial charge in [-0.15, -0.1) is 0 Å². The Balaban J connectivity index is 2.24. The van der Waals surface area contributed by atoms with Gasteiger partial charge in [0, 0.05) is 6.04 Å². The fraction of sp³-hybridized carbons (Fsp3) is 1.00. The smallest absolute Gasteiger partial charge is 0.105 e. The highest BCUT2D eigenvalue weighted by Crippen LogP contribution is 2.11. The number of nitrogens with one attached hydrogen (secondary N) is 1. The summed E-state index contributed by atoms with van der Waals surface area (Å²) in [6.07, 6.45) is 3.53. The molecule has 1 rings (SSSR count). The van der Waals surface area contributed by atoms with Crippen LogP contribution in [0.5, 0.6) is 0 Å². The van der Waals surface area contributed by atoms with E-state index >= 15 is 0 Å². The van der Waals surface area contributed by atoms with Crippen LogP contribution in [-0.4, -0.2) is 23.9 Å². The van der Waals surface area contributed by atoms with E-state index in [1.165, 1.54) is 12.8 Å². The second-order valence-electron chi connectivity index (χ2n) is 2.87. The molecule has 2 unspecified atom stereocenters. The molecule has 1 aliphatic rings. The Morgan fingerprint density at radius 1 is 1.60 bits per heavy atom. The average molecular weight is 145 g/mol. The van der Waals surface area contributed by atoms with Crippen molar-refractivity contribution in [1.82, 2.24) is 5.32 Å². The quantitative estimate of drug-likeness (QED) is 0.450. The molecule has 0 amide bonds. The molecule has 1 saturated heterocycles. The Morgan fingerprint density at radius 3 is 2.90 bits per heavy atom. The van der Waals surface area contributed by atoms with Crippen molar-refractivity contribution in [2.45, 2.75) is 38.3 Å². The van der Waals surface area contributed by atoms with Gasteiger partial charge in [-0.2, -0.15) is 0 Å². The molecule has 10 heavy (non-hydrogen) atoms. The Bertz CT molecular complexity index is 91.6. The van der Waals surface area contributed by atoms with Gasteiger partial charge in [-0.3, -0.25) is 5.26 Å². The summed E-state index contributed by atoms with van der Waals surface area (Å²) in [6.45, 7) is 2.93. The van der Waals surface area contributed by atoms with Crippen molar-refractivity contribution in [3.05, 3.63) is 0 Å². The minimum Gasteiger partial charge on any atom is -0.311 e. The molecular weight excluding hydrogens is 130 g/mol. The van der Waals surface area contributed by atoms with Crippen LogP contribution >= 0.6 is 0 Å². The van der Waals surface area contributed by atoms with Crippen LogP contribution < -0.4 is 5.32 Å². The number of piperidine rings is 1. The molecule has 0 saturated carbocycles. The van der Waals surface area contributed by atoms with E-state index in [2.05, 4.69) is 10.2 Å². The molecule has 1 heterocycles. The van der Waals surface area contributed by atoms with E-state index in [0.29, 0.717) is 6.04 Å². The first kappa shape index (κ1) is 7.98. The molecular formula is C7H15NO2. The lowest BCUT2D eigenvalue weighted by molar-refractivity contribution is -0.280. The zero-order valence-corrected chi connectivity index (χ0v) is 6.34. The summed E-state index contributed by atoms with van der Waals surface area (Å²) < 4.78 is 0. The summed E-state index contributed by atoms with van der Waals surface area (Å²) in [5.41, 5.74) is 0. The van der Waals surface area contributed by atoms with Crippen molar-refractivity contribution in [2.24, 2.45) is 0 Å². The summed E-state index contributed by atoms with van der Waals surface area (Å²) in [4.78, 5) is 4.23. The third kappa shape index (κ3) is 1.94. The van der Waals surface area contributed by atoms with Crippen LogP contribution in [0.15, 0.2) is 0 Å². The summed E-state index contributed by atoms with van der Waals surface area (Å²) >= 11 is 0. The summed E-state index contributed by atoms with van der Waals surface area (Å²) in [6, 6.07) is 0.346. The van der Waals surface area contributed by atoms with Crippen LogP contribution in [0.4, 0.5) is 0 Å². The van der Waals surface area contributed by atoms with Gasteiger partial charge in [-0.05, 0) is 26.3 Å². The molecule has 0 aromatic carbocycles. The first-order valence-corrected chi connectivity index (χ1v) is 3.88. The van der Waals surface area contributed by atoms with Crippen molar-refractivity contribution >= 4 is 0 Å². The highest BCUT2D eigenvalue weighted by Gasteiger charge is 2.19. The highest BCUT2D eigenvalue weighted by molar-refractivity contribution is 4.76. The maximum absolute atomic E-state index is 8.35. The van der Waals surface area contributed by atoms with Crippen molar-refractivity contribution in [3.8, 4) is 0 Å². The normalized spacial score (nSPS) is 30.0. The van der Waals surface area contributed by atoms with Gasteiger partial charge >= 0.3 is 0 Å². The second-order valence-corrected chi connectivity index (χ2v) is 2.87. The molecule has 2 N–H and O–H groups in total. The summed E-state index contributed by atoms with van der Waals surface area (Å²) in [5.74, 6) is 0. The van der Waals surface area contributed by atoms with Gasteiger partial charge in [0.05, 0.1) is 0 Å². The lowest BCUT2D eigenvalue weighted by atomic mass is 10.0. The minimum absolute atomic E-state index is 0.0692. The lowest BCUT2D eigenvalue weighted by Crippen LogP contribution is -2.42. The molecule has 3 heteroatoms. The molecule has 0 aliphatic carbocycles. The Morgan fingerprint density at radius 2 is 2.40 bits per heavy atom. The fourth-order valence-corrected chi connectivity index (χ4v) is 1.35. The van der Waals surface area contributed by atoms with Crippen molar-refractivity contribution in [3.63, 3.8) is 0 Å². The van der Waals surface area contributed by atoms with Crippen LogP contribution in [0, 0.1) is 0 Å². The minimum atomic E-state index is -0.0692. The topological polar surface area (TPSA) is 41.5 Å². The van der Waals surface area contributed by atoms with Gasteiger partial charge in [0.2, 0.25) is 0 Å². The van der Waals surface area contributed by atoms with Crippen LogP contribution in [0.2, 0.25) is 0 Å².